The highest BCUT2D eigenvalue weighted by molar-refractivity contribution is 7.48. The molecule has 0 bridgehead atoms. The topological polar surface area (TPSA) is 63.6 Å². The average Bonchev–Trinajstić information content (AvgIpc) is 2.26. The molecule has 2 atom stereocenters. The lowest BCUT2D eigenvalue weighted by atomic mass is 10.2. The van der Waals surface area contributed by atoms with E-state index in [1.165, 1.54) is 6.92 Å². The predicted molar refractivity (Wildman–Crippen MR) is 56.4 cm³/mol. The van der Waals surface area contributed by atoms with Gasteiger partial charge in [0, 0.05) is 0 Å². The summed E-state index contributed by atoms with van der Waals surface area (Å²) in [6.07, 6.45) is 0. The quantitative estimate of drug-likeness (QED) is 0.779. The van der Waals surface area contributed by atoms with E-state index in [9.17, 15) is 9.36 Å². The largest absolute Gasteiger partial charge is 0.548 e. The van der Waals surface area contributed by atoms with Crippen LogP contribution in [0.4, 0.5) is 0 Å². The Hall–Kier alpha value is -1.25. The van der Waals surface area contributed by atoms with Gasteiger partial charge in [-0.15, -0.1) is 4.52 Å². The number of carbonyl (C=O) groups is 1. The van der Waals surface area contributed by atoms with E-state index >= 15 is 0 Å². The first kappa shape index (κ1) is 11.8. The monoisotopic (exact) mass is 227 g/mol. The highest BCUT2D eigenvalue weighted by atomic mass is 31.1. The lowest BCUT2D eigenvalue weighted by Crippen LogP contribution is -2.15. The molecule has 1 rings (SSSR count). The van der Waals surface area contributed by atoms with Crippen molar-refractivity contribution in [2.75, 3.05) is 6.61 Å². The fraction of sp³-hybridized carbons (Fsp3) is 0.300. The average molecular weight is 227 g/mol. The fourth-order valence-corrected chi connectivity index (χ4v) is 1.80. The number of aliphatic carboxylic acids is 1. The van der Waals surface area contributed by atoms with Gasteiger partial charge in [0.15, 0.2) is 0 Å². The minimum absolute atomic E-state index is 0.0422. The molecule has 0 amide bonds. The molecule has 80 valence electrons. The van der Waals surface area contributed by atoms with Gasteiger partial charge in [-0.25, -0.2) is 0 Å². The second kappa shape index (κ2) is 5.59. The third-order valence-corrected chi connectivity index (χ3v) is 2.93. The van der Waals surface area contributed by atoms with Gasteiger partial charge in [0.25, 0.3) is 0 Å². The van der Waals surface area contributed by atoms with Crippen molar-refractivity contribution >= 4 is 19.3 Å². The summed E-state index contributed by atoms with van der Waals surface area (Å²) in [5.41, 5.74) is 0. The van der Waals surface area contributed by atoms with Crippen LogP contribution in [0.5, 0.6) is 0 Å². The molecule has 0 aliphatic heterocycles. The van der Waals surface area contributed by atoms with Crippen LogP contribution in [-0.4, -0.2) is 17.7 Å². The van der Waals surface area contributed by atoms with Crippen LogP contribution in [0.3, 0.4) is 0 Å². The minimum Gasteiger partial charge on any atom is -0.481 e. The summed E-state index contributed by atoms with van der Waals surface area (Å²) < 4.78 is 16.5. The van der Waals surface area contributed by atoms with E-state index < -0.39 is 19.9 Å². The van der Waals surface area contributed by atoms with Crippen molar-refractivity contribution < 1.29 is 19.0 Å². The molecule has 0 radical (unpaired) electrons. The van der Waals surface area contributed by atoms with Crippen molar-refractivity contribution in [1.29, 1.82) is 0 Å². The van der Waals surface area contributed by atoms with Gasteiger partial charge in [0.2, 0.25) is 5.30 Å². The highest BCUT2D eigenvalue weighted by Gasteiger charge is 2.24. The number of carboxylic acid groups (broad SMARTS) is 1. The van der Waals surface area contributed by atoms with E-state index in [1.54, 1.807) is 24.3 Å². The second-order valence-corrected chi connectivity index (χ2v) is 4.42. The zero-order valence-electron chi connectivity index (χ0n) is 8.29. The van der Waals surface area contributed by atoms with Gasteiger partial charge in [-0.1, -0.05) is 18.2 Å². The SMILES string of the molecule is CC(CO[P+](=O)c1ccccc1)C(=O)O. The lowest BCUT2D eigenvalue weighted by molar-refractivity contribution is -0.141. The van der Waals surface area contributed by atoms with Gasteiger partial charge in [-0.2, -0.15) is 0 Å². The number of benzene rings is 1. The number of carboxylic acids is 1. The van der Waals surface area contributed by atoms with Gasteiger partial charge >= 0.3 is 14.0 Å². The van der Waals surface area contributed by atoms with Crippen molar-refractivity contribution in [1.82, 2.24) is 0 Å². The predicted octanol–water partition coefficient (Wildman–Crippen LogP) is 1.79. The Morgan fingerprint density at radius 2 is 2.07 bits per heavy atom. The Balaban J connectivity index is 2.47. The zero-order chi connectivity index (χ0) is 11.3. The Morgan fingerprint density at radius 1 is 1.47 bits per heavy atom. The highest BCUT2D eigenvalue weighted by Crippen LogP contribution is 2.22. The first-order valence-electron chi connectivity index (χ1n) is 4.49. The second-order valence-electron chi connectivity index (χ2n) is 3.13. The maximum atomic E-state index is 11.5. The Morgan fingerprint density at radius 3 is 2.60 bits per heavy atom. The van der Waals surface area contributed by atoms with Crippen LogP contribution >= 0.6 is 8.03 Å². The molecule has 1 N–H and O–H groups in total. The van der Waals surface area contributed by atoms with Crippen LogP contribution < -0.4 is 5.30 Å². The number of hydrogen-bond acceptors (Lipinski definition) is 3. The normalized spacial score (nSPS) is 13.3. The van der Waals surface area contributed by atoms with E-state index in [-0.39, 0.29) is 6.61 Å². The molecule has 0 spiro atoms. The summed E-state index contributed by atoms with van der Waals surface area (Å²) >= 11 is 0. The molecular weight excluding hydrogens is 215 g/mol. The molecule has 0 heterocycles. The Labute approximate surface area is 88.8 Å². The maximum Gasteiger partial charge on any atom is 0.548 e. The summed E-state index contributed by atoms with van der Waals surface area (Å²) in [6.45, 7) is 1.47. The molecule has 0 saturated heterocycles. The molecule has 4 nitrogen and oxygen atoms in total. The summed E-state index contributed by atoms with van der Waals surface area (Å²) in [5.74, 6) is -1.60. The van der Waals surface area contributed by atoms with Crippen molar-refractivity contribution in [3.05, 3.63) is 30.3 Å². The van der Waals surface area contributed by atoms with Crippen LogP contribution in [0.1, 0.15) is 6.92 Å². The molecule has 1 aromatic carbocycles. The first-order valence-corrected chi connectivity index (χ1v) is 5.67. The minimum atomic E-state index is -1.95. The van der Waals surface area contributed by atoms with Crippen LogP contribution in [0.25, 0.3) is 0 Å². The molecule has 1 aromatic rings. The van der Waals surface area contributed by atoms with Gasteiger partial charge < -0.3 is 5.11 Å². The summed E-state index contributed by atoms with van der Waals surface area (Å²) in [6, 6.07) is 8.69. The molecule has 0 saturated carbocycles. The molecule has 0 fully saturated rings. The van der Waals surface area contributed by atoms with Crippen LogP contribution in [-0.2, 0) is 13.9 Å². The van der Waals surface area contributed by atoms with E-state index in [0.29, 0.717) is 5.30 Å². The van der Waals surface area contributed by atoms with Crippen LogP contribution in [0.15, 0.2) is 30.3 Å². The molecule has 15 heavy (non-hydrogen) atoms. The van der Waals surface area contributed by atoms with Crippen molar-refractivity contribution in [3.63, 3.8) is 0 Å². The van der Waals surface area contributed by atoms with E-state index in [1.807, 2.05) is 6.07 Å². The molecular formula is C10H12O4P+. The van der Waals surface area contributed by atoms with Gasteiger partial charge in [-0.3, -0.25) is 4.79 Å². The Kier molecular flexibility index (Phi) is 4.40. The summed E-state index contributed by atoms with van der Waals surface area (Å²) in [4.78, 5) is 10.5. The summed E-state index contributed by atoms with van der Waals surface area (Å²) in [5, 5.41) is 9.16. The van der Waals surface area contributed by atoms with Crippen LogP contribution in [0, 0.1) is 5.92 Å². The maximum absolute atomic E-state index is 11.5. The first-order chi connectivity index (χ1) is 7.11. The molecule has 0 aromatic heterocycles. The number of hydrogen-bond donors (Lipinski definition) is 1. The van der Waals surface area contributed by atoms with Gasteiger partial charge in [0.05, 0.1) is 5.92 Å². The van der Waals surface area contributed by atoms with Crippen molar-refractivity contribution in [2.24, 2.45) is 5.92 Å². The molecule has 2 unspecified atom stereocenters. The van der Waals surface area contributed by atoms with Crippen molar-refractivity contribution in [3.8, 4) is 0 Å². The van der Waals surface area contributed by atoms with Gasteiger partial charge in [0.1, 0.15) is 6.61 Å². The zero-order valence-corrected chi connectivity index (χ0v) is 9.18. The van der Waals surface area contributed by atoms with E-state index in [2.05, 4.69) is 0 Å². The fourth-order valence-electron chi connectivity index (χ4n) is 0.875. The molecule has 0 aliphatic rings. The van der Waals surface area contributed by atoms with Crippen molar-refractivity contribution in [2.45, 2.75) is 6.92 Å². The Bertz CT molecular complexity index is 350. The van der Waals surface area contributed by atoms with Gasteiger partial charge in [-0.05, 0) is 23.6 Å². The molecule has 0 aliphatic carbocycles. The van der Waals surface area contributed by atoms with Crippen LogP contribution in [0.2, 0.25) is 0 Å². The van der Waals surface area contributed by atoms with E-state index in [0.717, 1.165) is 0 Å². The third-order valence-electron chi connectivity index (χ3n) is 1.83. The molecule has 5 heteroatoms. The van der Waals surface area contributed by atoms with E-state index in [4.69, 9.17) is 9.63 Å². The smallest absolute Gasteiger partial charge is 0.481 e. The number of rotatable bonds is 5. The standard InChI is InChI=1S/C10H11O4P/c1-8(10(11)12)7-14-15(13)9-5-3-2-4-6-9/h2-6,8H,7H2,1H3/p+1. The lowest BCUT2D eigenvalue weighted by Gasteiger charge is -1.98. The summed E-state index contributed by atoms with van der Waals surface area (Å²) in [7, 11) is -1.95. The third kappa shape index (κ3) is 3.78.